The molecule has 5 heteroatoms. The number of nitrogens with two attached hydrogens (primary N) is 1. The molecule has 0 unspecified atom stereocenters. The van der Waals surface area contributed by atoms with E-state index in [1.54, 1.807) is 6.20 Å². The molecule has 0 fully saturated rings. The summed E-state index contributed by atoms with van der Waals surface area (Å²) >= 11 is 0. The third-order valence-corrected chi connectivity index (χ3v) is 2.46. The molecule has 0 aromatic carbocycles. The van der Waals surface area contributed by atoms with Crippen molar-refractivity contribution in [1.82, 2.24) is 9.88 Å². The molecule has 3 nitrogen and oxygen atoms in total. The van der Waals surface area contributed by atoms with Gasteiger partial charge in [-0.3, -0.25) is 4.98 Å². The highest BCUT2D eigenvalue weighted by atomic mass is 35.5. The summed E-state index contributed by atoms with van der Waals surface area (Å²) < 4.78 is 12.9. The Bertz CT molecular complexity index is 344. The van der Waals surface area contributed by atoms with Crippen molar-refractivity contribution in [3.8, 4) is 0 Å². The Morgan fingerprint density at radius 1 is 1.41 bits per heavy atom. The fourth-order valence-corrected chi connectivity index (χ4v) is 1.71. The van der Waals surface area contributed by atoms with E-state index < -0.39 is 0 Å². The minimum Gasteiger partial charge on any atom is -0.330 e. The number of nitrogens with zero attached hydrogens (tertiary/aromatic N) is 2. The Morgan fingerprint density at radius 2 is 2.06 bits per heavy atom. The molecule has 0 saturated carbocycles. The van der Waals surface area contributed by atoms with Crippen LogP contribution in [0.4, 0.5) is 4.39 Å². The van der Waals surface area contributed by atoms with Crippen molar-refractivity contribution in [2.75, 3.05) is 20.1 Å². The van der Waals surface area contributed by atoms with Gasteiger partial charge in [0, 0.05) is 19.3 Å². The zero-order valence-corrected chi connectivity index (χ0v) is 11.4. The van der Waals surface area contributed by atoms with Crippen LogP contribution in [0.3, 0.4) is 0 Å². The molecule has 1 heterocycles. The summed E-state index contributed by atoms with van der Waals surface area (Å²) in [6.45, 7) is 6.44. The molecule has 0 aliphatic heterocycles. The average molecular weight is 262 g/mol. The van der Waals surface area contributed by atoms with Crippen LogP contribution in [0, 0.1) is 11.2 Å². The number of rotatable bonds is 5. The molecule has 0 aliphatic carbocycles. The van der Waals surface area contributed by atoms with Crippen molar-refractivity contribution in [3.05, 3.63) is 29.8 Å². The van der Waals surface area contributed by atoms with Crippen LogP contribution in [0.5, 0.6) is 0 Å². The van der Waals surface area contributed by atoms with Gasteiger partial charge in [0.15, 0.2) is 0 Å². The zero-order valence-electron chi connectivity index (χ0n) is 10.6. The van der Waals surface area contributed by atoms with Gasteiger partial charge in [0.1, 0.15) is 5.82 Å². The van der Waals surface area contributed by atoms with Crippen LogP contribution in [0.1, 0.15) is 19.4 Å². The number of hydrogen-bond donors (Lipinski definition) is 1. The Morgan fingerprint density at radius 3 is 2.59 bits per heavy atom. The van der Waals surface area contributed by atoms with Crippen molar-refractivity contribution in [1.29, 1.82) is 0 Å². The number of halogens is 2. The van der Waals surface area contributed by atoms with E-state index in [4.69, 9.17) is 5.73 Å². The second kappa shape index (κ2) is 6.89. The summed E-state index contributed by atoms with van der Waals surface area (Å²) in [6, 6.07) is 1.51. The van der Waals surface area contributed by atoms with E-state index >= 15 is 0 Å². The van der Waals surface area contributed by atoms with Crippen LogP contribution in [-0.4, -0.2) is 30.0 Å². The lowest BCUT2D eigenvalue weighted by Gasteiger charge is -2.28. The van der Waals surface area contributed by atoms with Crippen LogP contribution in [0.2, 0.25) is 0 Å². The Balaban J connectivity index is 0.00000256. The van der Waals surface area contributed by atoms with Crippen LogP contribution in [-0.2, 0) is 6.54 Å². The van der Waals surface area contributed by atoms with E-state index in [0.29, 0.717) is 13.1 Å². The predicted molar refractivity (Wildman–Crippen MR) is 70.6 cm³/mol. The van der Waals surface area contributed by atoms with Crippen molar-refractivity contribution in [3.63, 3.8) is 0 Å². The maximum Gasteiger partial charge on any atom is 0.141 e. The van der Waals surface area contributed by atoms with E-state index in [1.807, 2.05) is 7.05 Å². The first-order valence-corrected chi connectivity index (χ1v) is 5.41. The van der Waals surface area contributed by atoms with E-state index in [0.717, 1.165) is 12.1 Å². The predicted octanol–water partition coefficient (Wildman–Crippen LogP) is 2.06. The molecular weight excluding hydrogens is 241 g/mol. The molecule has 0 bridgehead atoms. The fraction of sp³-hybridized carbons (Fsp3) is 0.583. The lowest BCUT2D eigenvalue weighted by atomic mass is 9.93. The molecule has 0 saturated heterocycles. The standard InChI is InChI=1S/C12H20FN3.ClH/c1-12(2,8-14)9-16(3)7-10-4-11(13)6-15-5-10;/h4-6H,7-9,14H2,1-3H3;1H. The van der Waals surface area contributed by atoms with Crippen molar-refractivity contribution < 1.29 is 4.39 Å². The largest absolute Gasteiger partial charge is 0.330 e. The average Bonchev–Trinajstić information content (AvgIpc) is 2.16. The summed E-state index contributed by atoms with van der Waals surface area (Å²) in [7, 11) is 2.00. The van der Waals surface area contributed by atoms with Gasteiger partial charge in [-0.2, -0.15) is 0 Å². The van der Waals surface area contributed by atoms with Crippen LogP contribution in [0.25, 0.3) is 0 Å². The fourth-order valence-electron chi connectivity index (χ4n) is 1.71. The number of aromatic nitrogens is 1. The summed E-state index contributed by atoms with van der Waals surface area (Å²) in [5.74, 6) is -0.288. The minimum absolute atomic E-state index is 0. The Kier molecular flexibility index (Phi) is 6.60. The van der Waals surface area contributed by atoms with E-state index in [2.05, 4.69) is 23.7 Å². The maximum absolute atomic E-state index is 12.9. The van der Waals surface area contributed by atoms with Gasteiger partial charge in [0.25, 0.3) is 0 Å². The van der Waals surface area contributed by atoms with E-state index in [-0.39, 0.29) is 23.6 Å². The Labute approximate surface area is 109 Å². The normalized spacial score (nSPS) is 11.4. The second-order valence-corrected chi connectivity index (χ2v) is 5.05. The van der Waals surface area contributed by atoms with Crippen LogP contribution >= 0.6 is 12.4 Å². The van der Waals surface area contributed by atoms with Gasteiger partial charge in [-0.05, 0) is 30.6 Å². The van der Waals surface area contributed by atoms with Crippen molar-refractivity contribution in [2.24, 2.45) is 11.1 Å². The van der Waals surface area contributed by atoms with Crippen LogP contribution in [0.15, 0.2) is 18.5 Å². The Hall–Kier alpha value is -0.710. The highest BCUT2D eigenvalue weighted by Gasteiger charge is 2.18. The van der Waals surface area contributed by atoms with Crippen molar-refractivity contribution in [2.45, 2.75) is 20.4 Å². The highest BCUT2D eigenvalue weighted by Crippen LogP contribution is 2.15. The smallest absolute Gasteiger partial charge is 0.141 e. The molecule has 0 spiro atoms. The summed E-state index contributed by atoms with van der Waals surface area (Å²) in [5.41, 5.74) is 6.64. The molecular formula is C12H21ClFN3. The van der Waals surface area contributed by atoms with Crippen LogP contribution < -0.4 is 5.73 Å². The van der Waals surface area contributed by atoms with Gasteiger partial charge in [0.05, 0.1) is 6.20 Å². The molecule has 1 rings (SSSR count). The minimum atomic E-state index is -0.288. The topological polar surface area (TPSA) is 42.2 Å². The summed E-state index contributed by atoms with van der Waals surface area (Å²) in [4.78, 5) is 5.96. The number of hydrogen-bond acceptors (Lipinski definition) is 3. The van der Waals surface area contributed by atoms with Gasteiger partial charge >= 0.3 is 0 Å². The molecule has 0 aliphatic rings. The van der Waals surface area contributed by atoms with Gasteiger partial charge < -0.3 is 10.6 Å². The van der Waals surface area contributed by atoms with E-state index in [1.165, 1.54) is 12.3 Å². The molecule has 1 aromatic rings. The third kappa shape index (κ3) is 5.96. The summed E-state index contributed by atoms with van der Waals surface area (Å²) in [6.07, 6.45) is 2.91. The van der Waals surface area contributed by atoms with Gasteiger partial charge in [-0.15, -0.1) is 12.4 Å². The molecule has 0 radical (unpaired) electrons. The molecule has 0 amide bonds. The molecule has 1 aromatic heterocycles. The first-order chi connectivity index (χ1) is 7.43. The first-order valence-electron chi connectivity index (χ1n) is 5.41. The third-order valence-electron chi connectivity index (χ3n) is 2.46. The van der Waals surface area contributed by atoms with Gasteiger partial charge in [0.2, 0.25) is 0 Å². The molecule has 2 N–H and O–H groups in total. The zero-order chi connectivity index (χ0) is 12.2. The van der Waals surface area contributed by atoms with Crippen molar-refractivity contribution >= 4 is 12.4 Å². The van der Waals surface area contributed by atoms with Gasteiger partial charge in [-0.1, -0.05) is 13.8 Å². The molecule has 0 atom stereocenters. The van der Waals surface area contributed by atoms with Gasteiger partial charge in [-0.25, -0.2) is 4.39 Å². The van der Waals surface area contributed by atoms with E-state index in [9.17, 15) is 4.39 Å². The quantitative estimate of drug-likeness (QED) is 0.882. The molecule has 98 valence electrons. The molecule has 17 heavy (non-hydrogen) atoms. The maximum atomic E-state index is 12.9. The monoisotopic (exact) mass is 261 g/mol. The SMILES string of the molecule is CN(Cc1cncc(F)c1)CC(C)(C)CN.Cl. The first kappa shape index (κ1) is 16.3. The lowest BCUT2D eigenvalue weighted by molar-refractivity contribution is 0.209. The lowest BCUT2D eigenvalue weighted by Crippen LogP contribution is -2.36. The summed E-state index contributed by atoms with van der Waals surface area (Å²) in [5, 5.41) is 0. The number of pyridine rings is 1. The second-order valence-electron chi connectivity index (χ2n) is 5.05. The highest BCUT2D eigenvalue weighted by molar-refractivity contribution is 5.85.